The van der Waals surface area contributed by atoms with Gasteiger partial charge in [-0.2, -0.15) is 26.3 Å². The Morgan fingerprint density at radius 3 is 1.69 bits per heavy atom. The molecule has 0 aliphatic carbocycles. The fourth-order valence-corrected chi connectivity index (χ4v) is 2.41. The predicted octanol–water partition coefficient (Wildman–Crippen LogP) is 4.28. The van der Waals surface area contributed by atoms with Crippen molar-refractivity contribution < 1.29 is 31.1 Å². The van der Waals surface area contributed by atoms with Gasteiger partial charge in [0.15, 0.2) is 11.6 Å². The minimum Gasteiger partial charge on any atom is -0.266 e. The summed E-state index contributed by atoms with van der Waals surface area (Å²) in [5.41, 5.74) is -3.34. The van der Waals surface area contributed by atoms with E-state index in [1.165, 1.54) is 6.20 Å². The molecule has 6 nitrogen and oxygen atoms in total. The Labute approximate surface area is 158 Å². The quantitative estimate of drug-likeness (QED) is 0.600. The number of aromatic nitrogens is 4. The van der Waals surface area contributed by atoms with Crippen LogP contribution in [-0.2, 0) is 12.4 Å². The SMILES string of the molecule is O=C(c1cnccn1)N(c1ncccc1C(F)(F)F)c1ncccc1C(F)(F)F. The first-order valence-corrected chi connectivity index (χ1v) is 7.75. The first-order valence-electron chi connectivity index (χ1n) is 7.75. The smallest absolute Gasteiger partial charge is 0.266 e. The molecule has 3 aromatic heterocycles. The first-order chi connectivity index (χ1) is 13.6. The topological polar surface area (TPSA) is 71.9 Å². The average molecular weight is 413 g/mol. The molecule has 0 saturated carbocycles. The Hall–Kier alpha value is -3.57. The molecule has 0 aromatic carbocycles. The molecule has 0 bridgehead atoms. The molecule has 0 aliphatic rings. The van der Waals surface area contributed by atoms with E-state index in [0.29, 0.717) is 12.1 Å². The minimum absolute atomic E-state index is 0.135. The molecule has 0 radical (unpaired) electrons. The zero-order valence-electron chi connectivity index (χ0n) is 14.1. The monoisotopic (exact) mass is 413 g/mol. The van der Waals surface area contributed by atoms with Gasteiger partial charge in [-0.15, -0.1) is 0 Å². The van der Waals surface area contributed by atoms with Crippen LogP contribution in [0, 0.1) is 0 Å². The third-order valence-electron chi connectivity index (χ3n) is 3.59. The predicted molar refractivity (Wildman–Crippen MR) is 87.0 cm³/mol. The van der Waals surface area contributed by atoms with E-state index in [0.717, 1.165) is 36.9 Å². The van der Waals surface area contributed by atoms with Crippen molar-refractivity contribution in [1.82, 2.24) is 19.9 Å². The molecular formula is C17H9F6N5O. The molecule has 1 amide bonds. The van der Waals surface area contributed by atoms with Crippen molar-refractivity contribution in [2.45, 2.75) is 12.4 Å². The number of alkyl halides is 6. The normalized spacial score (nSPS) is 11.9. The fraction of sp³-hybridized carbons (Fsp3) is 0.118. The zero-order chi connectivity index (χ0) is 21.2. The van der Waals surface area contributed by atoms with Gasteiger partial charge in [0.1, 0.15) is 5.69 Å². The fourth-order valence-electron chi connectivity index (χ4n) is 2.41. The van der Waals surface area contributed by atoms with Gasteiger partial charge < -0.3 is 0 Å². The zero-order valence-corrected chi connectivity index (χ0v) is 14.1. The van der Waals surface area contributed by atoms with Gasteiger partial charge in [-0.25, -0.2) is 19.9 Å². The molecule has 150 valence electrons. The van der Waals surface area contributed by atoms with Crippen molar-refractivity contribution in [2.75, 3.05) is 4.90 Å². The summed E-state index contributed by atoms with van der Waals surface area (Å²) in [5, 5.41) is 0. The lowest BCUT2D eigenvalue weighted by Gasteiger charge is -2.25. The lowest BCUT2D eigenvalue weighted by molar-refractivity contribution is -0.137. The van der Waals surface area contributed by atoms with E-state index in [9.17, 15) is 31.1 Å². The summed E-state index contributed by atoms with van der Waals surface area (Å²) < 4.78 is 80.9. The molecule has 12 heteroatoms. The third-order valence-corrected chi connectivity index (χ3v) is 3.59. The van der Waals surface area contributed by atoms with Crippen LogP contribution in [0.4, 0.5) is 38.0 Å². The lowest BCUT2D eigenvalue weighted by Crippen LogP contribution is -2.32. The standard InChI is InChI=1S/C17H9F6N5O/c18-16(19,20)10-3-1-5-26-13(10)28(15(29)12-9-24-7-8-25-12)14-11(17(21,22)23)4-2-6-27-14/h1-9H. The van der Waals surface area contributed by atoms with Gasteiger partial charge in [0, 0.05) is 24.8 Å². The summed E-state index contributed by atoms with van der Waals surface area (Å²) in [6.07, 6.45) is -5.02. The molecule has 0 spiro atoms. The van der Waals surface area contributed by atoms with Crippen molar-refractivity contribution >= 4 is 17.5 Å². The Kier molecular flexibility index (Phi) is 5.18. The maximum absolute atomic E-state index is 13.5. The summed E-state index contributed by atoms with van der Waals surface area (Å²) in [6, 6.07) is 3.08. The number of rotatable bonds is 3. The van der Waals surface area contributed by atoms with E-state index in [1.807, 2.05) is 0 Å². The second-order valence-corrected chi connectivity index (χ2v) is 5.48. The van der Waals surface area contributed by atoms with Crippen molar-refractivity contribution in [1.29, 1.82) is 0 Å². The highest BCUT2D eigenvalue weighted by atomic mass is 19.4. The van der Waals surface area contributed by atoms with E-state index in [-0.39, 0.29) is 4.90 Å². The molecule has 3 rings (SSSR count). The maximum Gasteiger partial charge on any atom is 0.419 e. The second kappa shape index (κ2) is 7.45. The van der Waals surface area contributed by atoms with Gasteiger partial charge in [0.2, 0.25) is 0 Å². The second-order valence-electron chi connectivity index (χ2n) is 5.48. The van der Waals surface area contributed by atoms with Crippen molar-refractivity contribution in [3.63, 3.8) is 0 Å². The number of hydrogen-bond donors (Lipinski definition) is 0. The van der Waals surface area contributed by atoms with Crippen LogP contribution in [0.15, 0.2) is 55.2 Å². The number of carbonyl (C=O) groups excluding carboxylic acids is 1. The Morgan fingerprint density at radius 2 is 1.28 bits per heavy atom. The van der Waals surface area contributed by atoms with Crippen LogP contribution in [0.25, 0.3) is 0 Å². The van der Waals surface area contributed by atoms with Gasteiger partial charge in [0.05, 0.1) is 17.3 Å². The number of nitrogens with zero attached hydrogens (tertiary/aromatic N) is 5. The van der Waals surface area contributed by atoms with Crippen LogP contribution < -0.4 is 4.90 Å². The number of anilines is 2. The van der Waals surface area contributed by atoms with Gasteiger partial charge in [-0.1, -0.05) is 0 Å². The molecule has 0 N–H and O–H groups in total. The Bertz CT molecular complexity index is 965. The lowest BCUT2D eigenvalue weighted by atomic mass is 10.1. The highest BCUT2D eigenvalue weighted by Crippen LogP contribution is 2.41. The van der Waals surface area contributed by atoms with E-state index in [1.54, 1.807) is 0 Å². The van der Waals surface area contributed by atoms with Gasteiger partial charge >= 0.3 is 12.4 Å². The van der Waals surface area contributed by atoms with E-state index >= 15 is 0 Å². The Balaban J connectivity index is 2.31. The molecule has 0 fully saturated rings. The molecule has 0 atom stereocenters. The van der Waals surface area contributed by atoms with Crippen LogP contribution in [0.5, 0.6) is 0 Å². The molecule has 3 heterocycles. The number of carbonyl (C=O) groups is 1. The number of pyridine rings is 2. The summed E-state index contributed by atoms with van der Waals surface area (Å²) in [5.74, 6) is -3.45. The highest BCUT2D eigenvalue weighted by Gasteiger charge is 2.42. The van der Waals surface area contributed by atoms with Gasteiger partial charge in [-0.05, 0) is 24.3 Å². The summed E-state index contributed by atoms with van der Waals surface area (Å²) in [4.78, 5) is 27.4. The van der Waals surface area contributed by atoms with Crippen molar-refractivity contribution in [3.8, 4) is 0 Å². The van der Waals surface area contributed by atoms with Crippen LogP contribution >= 0.6 is 0 Å². The average Bonchev–Trinajstić information content (AvgIpc) is 2.68. The molecule has 3 aromatic rings. The highest BCUT2D eigenvalue weighted by molar-refractivity contribution is 6.09. The molecule has 0 saturated heterocycles. The molecular weight excluding hydrogens is 404 g/mol. The van der Waals surface area contributed by atoms with E-state index in [4.69, 9.17) is 0 Å². The molecule has 0 unspecified atom stereocenters. The van der Waals surface area contributed by atoms with Crippen molar-refractivity contribution in [3.05, 3.63) is 72.1 Å². The molecule has 0 aliphatic heterocycles. The third kappa shape index (κ3) is 4.15. The minimum atomic E-state index is -5.00. The summed E-state index contributed by atoms with van der Waals surface area (Å²) in [6.45, 7) is 0. The number of hydrogen-bond acceptors (Lipinski definition) is 5. The van der Waals surface area contributed by atoms with E-state index in [2.05, 4.69) is 19.9 Å². The van der Waals surface area contributed by atoms with Crippen LogP contribution in [-0.4, -0.2) is 25.8 Å². The van der Waals surface area contributed by atoms with Crippen LogP contribution in [0.2, 0.25) is 0 Å². The number of amides is 1. The largest absolute Gasteiger partial charge is 0.419 e. The van der Waals surface area contributed by atoms with Crippen molar-refractivity contribution in [2.24, 2.45) is 0 Å². The number of halogens is 6. The molecule has 29 heavy (non-hydrogen) atoms. The summed E-state index contributed by atoms with van der Waals surface area (Å²) in [7, 11) is 0. The van der Waals surface area contributed by atoms with Crippen LogP contribution in [0.1, 0.15) is 21.6 Å². The maximum atomic E-state index is 13.5. The van der Waals surface area contributed by atoms with E-state index < -0.39 is 46.7 Å². The van der Waals surface area contributed by atoms with Crippen LogP contribution in [0.3, 0.4) is 0 Å². The van der Waals surface area contributed by atoms with Gasteiger partial charge in [-0.3, -0.25) is 9.78 Å². The summed E-state index contributed by atoms with van der Waals surface area (Å²) >= 11 is 0. The first kappa shape index (κ1) is 20.2. The Morgan fingerprint density at radius 1 is 0.759 bits per heavy atom. The van der Waals surface area contributed by atoms with Gasteiger partial charge in [0.25, 0.3) is 5.91 Å².